The minimum atomic E-state index is 0.227. The minimum absolute atomic E-state index is 0.227. The summed E-state index contributed by atoms with van der Waals surface area (Å²) in [5, 5.41) is 10.2. The highest BCUT2D eigenvalue weighted by Crippen LogP contribution is 2.32. The predicted molar refractivity (Wildman–Crippen MR) is 78.5 cm³/mol. The van der Waals surface area contributed by atoms with Gasteiger partial charge in [0.05, 0.1) is 12.7 Å². The number of hydrogen-bond donors (Lipinski definition) is 0. The van der Waals surface area contributed by atoms with E-state index in [-0.39, 0.29) is 6.61 Å². The zero-order valence-corrected chi connectivity index (χ0v) is 12.2. The van der Waals surface area contributed by atoms with Crippen LogP contribution < -0.4 is 9.47 Å². The summed E-state index contributed by atoms with van der Waals surface area (Å²) in [6, 6.07) is 12.4. The summed E-state index contributed by atoms with van der Waals surface area (Å²) in [6.45, 7) is 0.227. The smallest absolute Gasteiger partial charge is 0.179 e. The van der Waals surface area contributed by atoms with Gasteiger partial charge in [0.15, 0.2) is 11.5 Å². The molecular weight excluding hydrogens is 297 g/mol. The highest BCUT2D eigenvalue weighted by Gasteiger charge is 2.11. The Kier molecular flexibility index (Phi) is 4.73. The lowest BCUT2D eigenvalue weighted by Crippen LogP contribution is -2.00. The van der Waals surface area contributed by atoms with Crippen molar-refractivity contribution < 1.29 is 9.47 Å². The van der Waals surface area contributed by atoms with Gasteiger partial charge in [0.25, 0.3) is 0 Å². The molecule has 3 nitrogen and oxygen atoms in total. The van der Waals surface area contributed by atoms with E-state index in [1.54, 1.807) is 36.4 Å². The van der Waals surface area contributed by atoms with Crippen LogP contribution in [0.5, 0.6) is 11.5 Å². The quantitative estimate of drug-likeness (QED) is 0.838. The third-order valence-electron chi connectivity index (χ3n) is 2.71. The van der Waals surface area contributed by atoms with Crippen molar-refractivity contribution in [3.8, 4) is 17.6 Å². The lowest BCUT2D eigenvalue weighted by atomic mass is 10.2. The summed E-state index contributed by atoms with van der Waals surface area (Å²) in [5.74, 6) is 0.914. The molecule has 0 radical (unpaired) electrons. The van der Waals surface area contributed by atoms with E-state index in [1.165, 1.54) is 7.11 Å². The molecule has 0 N–H and O–H groups in total. The van der Waals surface area contributed by atoms with Crippen LogP contribution in [0.4, 0.5) is 0 Å². The molecule has 0 spiro atoms. The van der Waals surface area contributed by atoms with Crippen molar-refractivity contribution in [2.45, 2.75) is 6.61 Å². The molecule has 5 heteroatoms. The van der Waals surface area contributed by atoms with E-state index in [0.717, 1.165) is 5.56 Å². The molecule has 0 aromatic heterocycles. The van der Waals surface area contributed by atoms with Crippen molar-refractivity contribution >= 4 is 23.2 Å². The maximum absolute atomic E-state index is 9.10. The third kappa shape index (κ3) is 3.16. The molecule has 0 fully saturated rings. The first kappa shape index (κ1) is 14.5. The van der Waals surface area contributed by atoms with E-state index in [0.29, 0.717) is 27.1 Å². The predicted octanol–water partition coefficient (Wildman–Crippen LogP) is 4.45. The normalized spacial score (nSPS) is 9.90. The molecule has 102 valence electrons. The first-order valence-electron chi connectivity index (χ1n) is 5.79. The number of hydrogen-bond acceptors (Lipinski definition) is 3. The molecule has 0 saturated carbocycles. The summed E-state index contributed by atoms with van der Waals surface area (Å²) in [4.78, 5) is 0. The molecule has 0 saturated heterocycles. The summed E-state index contributed by atoms with van der Waals surface area (Å²) >= 11 is 11.9. The fourth-order valence-corrected chi connectivity index (χ4v) is 2.17. The zero-order valence-electron chi connectivity index (χ0n) is 10.7. The van der Waals surface area contributed by atoms with Crippen LogP contribution >= 0.6 is 23.2 Å². The number of benzene rings is 2. The van der Waals surface area contributed by atoms with Crippen LogP contribution in [0.25, 0.3) is 0 Å². The van der Waals surface area contributed by atoms with Crippen LogP contribution in [0, 0.1) is 11.3 Å². The fourth-order valence-electron chi connectivity index (χ4n) is 1.70. The van der Waals surface area contributed by atoms with Crippen molar-refractivity contribution in [1.29, 1.82) is 5.26 Å². The van der Waals surface area contributed by atoms with E-state index < -0.39 is 0 Å². The third-order valence-corrected chi connectivity index (χ3v) is 3.29. The van der Waals surface area contributed by atoms with E-state index in [1.807, 2.05) is 0 Å². The van der Waals surface area contributed by atoms with Gasteiger partial charge in [-0.3, -0.25) is 0 Å². The Morgan fingerprint density at radius 2 is 2.00 bits per heavy atom. The molecule has 0 aliphatic heterocycles. The van der Waals surface area contributed by atoms with Gasteiger partial charge in [-0.2, -0.15) is 5.26 Å². The van der Waals surface area contributed by atoms with Gasteiger partial charge in [0.1, 0.15) is 12.7 Å². The molecular formula is C15H11Cl2NO2. The molecule has 2 aromatic carbocycles. The van der Waals surface area contributed by atoms with Crippen LogP contribution in [0.1, 0.15) is 11.1 Å². The van der Waals surface area contributed by atoms with Crippen LogP contribution in [0.2, 0.25) is 10.0 Å². The van der Waals surface area contributed by atoms with Gasteiger partial charge < -0.3 is 9.47 Å². The largest absolute Gasteiger partial charge is 0.493 e. The molecule has 0 aliphatic rings. The molecule has 0 amide bonds. The average molecular weight is 308 g/mol. The Bertz CT molecular complexity index is 665. The average Bonchev–Trinajstić information content (AvgIpc) is 2.46. The number of halogens is 2. The van der Waals surface area contributed by atoms with E-state index in [2.05, 4.69) is 6.07 Å². The van der Waals surface area contributed by atoms with Crippen molar-refractivity contribution in [3.63, 3.8) is 0 Å². The topological polar surface area (TPSA) is 42.2 Å². The lowest BCUT2D eigenvalue weighted by Gasteiger charge is -2.12. The number of nitrogens with zero attached hydrogens (tertiary/aromatic N) is 1. The van der Waals surface area contributed by atoms with Gasteiger partial charge in [-0.25, -0.2) is 0 Å². The van der Waals surface area contributed by atoms with Crippen LogP contribution in [-0.2, 0) is 6.61 Å². The highest BCUT2D eigenvalue weighted by atomic mass is 35.5. The molecule has 0 atom stereocenters. The van der Waals surface area contributed by atoms with E-state index >= 15 is 0 Å². The number of methoxy groups -OCH3 is 1. The SMILES string of the molecule is COc1cccc(C#N)c1OCc1ccc(Cl)cc1Cl. The van der Waals surface area contributed by atoms with E-state index in [4.69, 9.17) is 37.9 Å². The van der Waals surface area contributed by atoms with Gasteiger partial charge >= 0.3 is 0 Å². The van der Waals surface area contributed by atoms with Gasteiger partial charge in [0.2, 0.25) is 0 Å². The second kappa shape index (κ2) is 6.51. The van der Waals surface area contributed by atoms with Crippen molar-refractivity contribution in [1.82, 2.24) is 0 Å². The summed E-state index contributed by atoms with van der Waals surface area (Å²) in [5.41, 5.74) is 1.19. The Balaban J connectivity index is 2.25. The fraction of sp³-hybridized carbons (Fsp3) is 0.133. The first-order chi connectivity index (χ1) is 9.65. The summed E-state index contributed by atoms with van der Waals surface area (Å²) < 4.78 is 10.9. The maximum Gasteiger partial charge on any atom is 0.179 e. The summed E-state index contributed by atoms with van der Waals surface area (Å²) in [6.07, 6.45) is 0. The molecule has 0 heterocycles. The maximum atomic E-state index is 9.10. The van der Waals surface area contributed by atoms with Gasteiger partial charge in [-0.05, 0) is 24.3 Å². The zero-order chi connectivity index (χ0) is 14.5. The monoisotopic (exact) mass is 307 g/mol. The number of para-hydroxylation sites is 1. The van der Waals surface area contributed by atoms with Crippen molar-refractivity contribution in [2.75, 3.05) is 7.11 Å². The molecule has 0 aliphatic carbocycles. The molecule has 2 aromatic rings. The number of nitriles is 1. The first-order valence-corrected chi connectivity index (χ1v) is 6.55. The minimum Gasteiger partial charge on any atom is -0.493 e. The van der Waals surface area contributed by atoms with Gasteiger partial charge in [-0.1, -0.05) is 35.3 Å². The lowest BCUT2D eigenvalue weighted by molar-refractivity contribution is 0.283. The standard InChI is InChI=1S/C15H11Cl2NO2/c1-19-14-4-2-3-10(8-18)15(14)20-9-11-5-6-12(16)7-13(11)17/h2-7H,9H2,1H3. The van der Waals surface area contributed by atoms with Crippen LogP contribution in [-0.4, -0.2) is 7.11 Å². The molecule has 20 heavy (non-hydrogen) atoms. The Hall–Kier alpha value is -1.89. The second-order valence-electron chi connectivity index (χ2n) is 3.97. The van der Waals surface area contributed by atoms with Crippen LogP contribution in [0.15, 0.2) is 36.4 Å². The molecule has 2 rings (SSSR count). The van der Waals surface area contributed by atoms with E-state index in [9.17, 15) is 0 Å². The van der Waals surface area contributed by atoms with Gasteiger partial charge in [0, 0.05) is 15.6 Å². The van der Waals surface area contributed by atoms with Crippen LogP contribution in [0.3, 0.4) is 0 Å². The highest BCUT2D eigenvalue weighted by molar-refractivity contribution is 6.35. The second-order valence-corrected chi connectivity index (χ2v) is 4.82. The Morgan fingerprint density at radius 3 is 2.65 bits per heavy atom. The summed E-state index contributed by atoms with van der Waals surface area (Å²) in [7, 11) is 1.53. The number of rotatable bonds is 4. The van der Waals surface area contributed by atoms with Crippen molar-refractivity contribution in [2.24, 2.45) is 0 Å². The Labute approximate surface area is 127 Å². The molecule has 0 bridgehead atoms. The Morgan fingerprint density at radius 1 is 1.20 bits per heavy atom. The molecule has 0 unspecified atom stereocenters. The van der Waals surface area contributed by atoms with Gasteiger partial charge in [-0.15, -0.1) is 0 Å². The number of ether oxygens (including phenoxy) is 2. The van der Waals surface area contributed by atoms with Crippen molar-refractivity contribution in [3.05, 3.63) is 57.6 Å².